The third kappa shape index (κ3) is 7.22. The Bertz CT molecular complexity index is 1540. The van der Waals surface area contributed by atoms with Crippen molar-refractivity contribution in [3.05, 3.63) is 58.3 Å². The van der Waals surface area contributed by atoms with Gasteiger partial charge in [-0.15, -0.1) is 11.8 Å². The highest BCUT2D eigenvalue weighted by Gasteiger charge is 2.26. The van der Waals surface area contributed by atoms with Gasteiger partial charge in [0.15, 0.2) is 11.0 Å². The SMILES string of the molecule is COC(=O)[C@@H](CSc1ccc(-c2cc(=O)c3c(O)cc(O)c(C4=CCN(C)CC4)c3o2)cc1)NC(=O)OC(C)(C)C. The molecule has 1 amide bonds. The van der Waals surface area contributed by atoms with Crippen LogP contribution in [0.3, 0.4) is 0 Å². The first kappa shape index (κ1) is 30.0. The van der Waals surface area contributed by atoms with Gasteiger partial charge in [0, 0.05) is 41.4 Å². The van der Waals surface area contributed by atoms with E-state index >= 15 is 0 Å². The first-order valence-corrected chi connectivity index (χ1v) is 14.1. The van der Waals surface area contributed by atoms with Crippen LogP contribution in [0.4, 0.5) is 4.79 Å². The smallest absolute Gasteiger partial charge is 0.408 e. The lowest BCUT2D eigenvalue weighted by atomic mass is 9.96. The zero-order valence-electron chi connectivity index (χ0n) is 23.6. The summed E-state index contributed by atoms with van der Waals surface area (Å²) in [7, 11) is 3.24. The summed E-state index contributed by atoms with van der Waals surface area (Å²) in [4.78, 5) is 40.4. The number of nitrogens with zero attached hydrogens (tertiary/aromatic N) is 1. The standard InChI is InChI=1S/C30H34N2O8S/c1-30(2,3)40-29(37)31-20(28(36)38-5)16-41-19-8-6-17(7-9-19)24-15-23(35)26-22(34)14-21(33)25(27(26)39-24)18-10-12-32(4)13-11-18/h6-10,14-15,20,33-34H,11-13,16H2,1-5H3,(H,31,37)/t20-/m1/s1. The third-order valence-electron chi connectivity index (χ3n) is 6.43. The molecule has 10 nitrogen and oxygen atoms in total. The van der Waals surface area contributed by atoms with Gasteiger partial charge in [-0.25, -0.2) is 9.59 Å². The fourth-order valence-electron chi connectivity index (χ4n) is 4.41. The molecule has 2 aromatic carbocycles. The van der Waals surface area contributed by atoms with Crippen LogP contribution in [0.25, 0.3) is 27.9 Å². The Balaban J connectivity index is 1.59. The molecule has 0 unspecified atom stereocenters. The number of ether oxygens (including phenoxy) is 2. The van der Waals surface area contributed by atoms with Gasteiger partial charge in [-0.2, -0.15) is 0 Å². The molecular formula is C30H34N2O8S. The van der Waals surface area contributed by atoms with Crippen LogP contribution < -0.4 is 10.7 Å². The molecule has 0 fully saturated rings. The van der Waals surface area contributed by atoms with Crippen LogP contribution in [-0.4, -0.2) is 71.8 Å². The van der Waals surface area contributed by atoms with Crippen molar-refractivity contribution >= 4 is 40.4 Å². The van der Waals surface area contributed by atoms with E-state index in [1.54, 1.807) is 45.0 Å². The number of alkyl carbamates (subject to hydrolysis) is 1. The van der Waals surface area contributed by atoms with Crippen LogP contribution >= 0.6 is 11.8 Å². The molecule has 41 heavy (non-hydrogen) atoms. The molecule has 1 aliphatic rings. The lowest BCUT2D eigenvalue weighted by Gasteiger charge is -2.23. The number of phenolic OH excluding ortho intramolecular Hbond substituents is 2. The summed E-state index contributed by atoms with van der Waals surface area (Å²) in [6.07, 6.45) is 1.91. The molecule has 2 heterocycles. The van der Waals surface area contributed by atoms with Crippen LogP contribution in [0.2, 0.25) is 0 Å². The van der Waals surface area contributed by atoms with Crippen LogP contribution in [0.1, 0.15) is 32.8 Å². The maximum absolute atomic E-state index is 13.1. The fraction of sp³-hybridized carbons (Fsp3) is 0.367. The van der Waals surface area contributed by atoms with E-state index in [1.807, 2.05) is 13.1 Å². The maximum atomic E-state index is 13.1. The Morgan fingerprint density at radius 3 is 2.46 bits per heavy atom. The van der Waals surface area contributed by atoms with Crippen molar-refractivity contribution in [2.75, 3.05) is 33.0 Å². The number of phenols is 2. The zero-order valence-corrected chi connectivity index (χ0v) is 24.5. The number of hydrogen-bond donors (Lipinski definition) is 3. The number of nitrogens with one attached hydrogen (secondary N) is 1. The Kier molecular flexibility index (Phi) is 8.98. The molecule has 0 bridgehead atoms. The molecule has 3 N–H and O–H groups in total. The summed E-state index contributed by atoms with van der Waals surface area (Å²) in [5.41, 5.74) is 0.847. The number of thioether (sulfide) groups is 1. The average Bonchev–Trinajstić information content (AvgIpc) is 2.90. The Morgan fingerprint density at radius 2 is 1.85 bits per heavy atom. The topological polar surface area (TPSA) is 139 Å². The second-order valence-corrected chi connectivity index (χ2v) is 11.9. The highest BCUT2D eigenvalue weighted by atomic mass is 32.2. The minimum absolute atomic E-state index is 0.0138. The lowest BCUT2D eigenvalue weighted by molar-refractivity contribution is -0.142. The fourth-order valence-corrected chi connectivity index (χ4v) is 5.32. The number of esters is 1. The van der Waals surface area contributed by atoms with E-state index in [4.69, 9.17) is 13.9 Å². The highest BCUT2D eigenvalue weighted by Crippen LogP contribution is 2.40. The van der Waals surface area contributed by atoms with Crippen molar-refractivity contribution < 1.29 is 33.7 Å². The predicted molar refractivity (Wildman–Crippen MR) is 157 cm³/mol. The van der Waals surface area contributed by atoms with Crippen molar-refractivity contribution in [1.82, 2.24) is 10.2 Å². The predicted octanol–water partition coefficient (Wildman–Crippen LogP) is 4.75. The summed E-state index contributed by atoms with van der Waals surface area (Å²) < 4.78 is 16.2. The van der Waals surface area contributed by atoms with E-state index in [-0.39, 0.29) is 34.0 Å². The number of carbonyl (C=O) groups is 2. The third-order valence-corrected chi connectivity index (χ3v) is 7.53. The Hall–Kier alpha value is -3.96. The quantitative estimate of drug-likeness (QED) is 0.264. The summed E-state index contributed by atoms with van der Waals surface area (Å²) in [5, 5.41) is 23.7. The van der Waals surface area contributed by atoms with Gasteiger partial charge in [0.05, 0.1) is 12.7 Å². The molecule has 0 radical (unpaired) electrons. The molecule has 1 aliphatic heterocycles. The van der Waals surface area contributed by atoms with E-state index in [1.165, 1.54) is 31.0 Å². The number of rotatable bonds is 7. The van der Waals surface area contributed by atoms with Crippen LogP contribution in [0.5, 0.6) is 11.5 Å². The normalized spacial score (nSPS) is 14.8. The van der Waals surface area contributed by atoms with Crippen molar-refractivity contribution in [2.45, 2.75) is 43.7 Å². The van der Waals surface area contributed by atoms with Gasteiger partial charge in [-0.1, -0.05) is 18.2 Å². The molecule has 218 valence electrons. The Morgan fingerprint density at radius 1 is 1.15 bits per heavy atom. The number of likely N-dealkylation sites (N-methyl/N-ethyl adjacent to an activating group) is 1. The van der Waals surface area contributed by atoms with E-state index < -0.39 is 29.1 Å². The van der Waals surface area contributed by atoms with E-state index in [0.29, 0.717) is 24.1 Å². The van der Waals surface area contributed by atoms with E-state index in [9.17, 15) is 24.6 Å². The minimum Gasteiger partial charge on any atom is -0.507 e. The van der Waals surface area contributed by atoms with Gasteiger partial charge in [0.25, 0.3) is 0 Å². The Labute approximate surface area is 241 Å². The molecule has 0 saturated carbocycles. The zero-order chi connectivity index (χ0) is 29.9. The molecular weight excluding hydrogens is 548 g/mol. The number of methoxy groups -OCH3 is 1. The number of benzene rings is 2. The average molecular weight is 583 g/mol. The van der Waals surface area contributed by atoms with Gasteiger partial charge in [0.1, 0.15) is 34.3 Å². The summed E-state index contributed by atoms with van der Waals surface area (Å²) in [6, 6.07) is 8.69. The number of amides is 1. The second-order valence-electron chi connectivity index (χ2n) is 10.8. The molecule has 0 spiro atoms. The summed E-state index contributed by atoms with van der Waals surface area (Å²) in [6.45, 7) is 6.65. The van der Waals surface area contributed by atoms with Crippen molar-refractivity contribution in [3.8, 4) is 22.8 Å². The van der Waals surface area contributed by atoms with Crippen molar-refractivity contribution in [2.24, 2.45) is 0 Å². The van der Waals surface area contributed by atoms with E-state index in [2.05, 4.69) is 10.2 Å². The molecule has 3 aromatic rings. The first-order chi connectivity index (χ1) is 19.4. The van der Waals surface area contributed by atoms with Crippen molar-refractivity contribution in [1.29, 1.82) is 0 Å². The van der Waals surface area contributed by atoms with E-state index in [0.717, 1.165) is 17.0 Å². The minimum atomic E-state index is -0.925. The number of aromatic hydroxyl groups is 2. The monoisotopic (exact) mass is 582 g/mol. The van der Waals surface area contributed by atoms with Gasteiger partial charge in [-0.05, 0) is 51.9 Å². The molecule has 4 rings (SSSR count). The van der Waals surface area contributed by atoms with Crippen molar-refractivity contribution in [3.63, 3.8) is 0 Å². The lowest BCUT2D eigenvalue weighted by Crippen LogP contribution is -2.45. The largest absolute Gasteiger partial charge is 0.507 e. The van der Waals surface area contributed by atoms with Crippen LogP contribution in [0.15, 0.2) is 56.6 Å². The maximum Gasteiger partial charge on any atom is 0.408 e. The summed E-state index contributed by atoms with van der Waals surface area (Å²) in [5.74, 6) is -0.625. The number of carbonyl (C=O) groups excluding carboxylic acids is 2. The molecule has 0 aliphatic carbocycles. The first-order valence-electron chi connectivity index (χ1n) is 13.1. The van der Waals surface area contributed by atoms with Gasteiger partial charge < -0.3 is 34.3 Å². The van der Waals surface area contributed by atoms with Gasteiger partial charge >= 0.3 is 12.1 Å². The number of fused-ring (bicyclic) bond motifs is 1. The number of hydrogen-bond acceptors (Lipinski definition) is 10. The highest BCUT2D eigenvalue weighted by molar-refractivity contribution is 7.99. The molecule has 1 atom stereocenters. The molecule has 0 saturated heterocycles. The van der Waals surface area contributed by atoms with Crippen LogP contribution in [-0.2, 0) is 14.3 Å². The van der Waals surface area contributed by atoms with Crippen LogP contribution in [0, 0.1) is 0 Å². The second kappa shape index (κ2) is 12.3. The molecule has 1 aromatic heterocycles. The van der Waals surface area contributed by atoms with Gasteiger partial charge in [0.2, 0.25) is 0 Å². The molecule has 11 heteroatoms. The van der Waals surface area contributed by atoms with Gasteiger partial charge in [-0.3, -0.25) is 4.79 Å². The summed E-state index contributed by atoms with van der Waals surface area (Å²) >= 11 is 1.33.